The fourth-order valence-corrected chi connectivity index (χ4v) is 3.22. The summed E-state index contributed by atoms with van der Waals surface area (Å²) in [5.74, 6) is 0. The molecule has 3 rings (SSSR count). The second-order valence-electron chi connectivity index (χ2n) is 4.50. The number of nitrogens with one attached hydrogen (secondary N) is 2. The Kier molecular flexibility index (Phi) is 3.36. The van der Waals surface area contributed by atoms with Crippen molar-refractivity contribution >= 4 is 21.6 Å². The van der Waals surface area contributed by atoms with Crippen molar-refractivity contribution in [1.29, 1.82) is 0 Å². The Morgan fingerprint density at radius 2 is 2.35 bits per heavy atom. The van der Waals surface area contributed by atoms with Crippen LogP contribution >= 0.6 is 11.3 Å². The average molecular weight is 247 g/mol. The molecule has 3 nitrogen and oxygen atoms in total. The molecule has 1 aromatic carbocycles. The number of fused-ring (bicyclic) bond motifs is 1. The topological polar surface area (TPSA) is 37.0 Å². The number of nitrogens with zero attached hydrogens (tertiary/aromatic N) is 1. The predicted molar refractivity (Wildman–Crippen MR) is 72.4 cm³/mol. The Morgan fingerprint density at radius 1 is 1.41 bits per heavy atom. The van der Waals surface area contributed by atoms with Crippen molar-refractivity contribution in [2.24, 2.45) is 0 Å². The summed E-state index contributed by atoms with van der Waals surface area (Å²) in [5, 5.41) is 8.16. The van der Waals surface area contributed by atoms with Gasteiger partial charge in [0.2, 0.25) is 0 Å². The molecule has 1 aromatic heterocycles. The van der Waals surface area contributed by atoms with Crippen LogP contribution in [0.2, 0.25) is 0 Å². The molecule has 4 heteroatoms. The summed E-state index contributed by atoms with van der Waals surface area (Å²) in [4.78, 5) is 4.61. The lowest BCUT2D eigenvalue weighted by Gasteiger charge is -2.09. The third-order valence-electron chi connectivity index (χ3n) is 3.17. The van der Waals surface area contributed by atoms with Gasteiger partial charge in [0.1, 0.15) is 5.01 Å². The predicted octanol–water partition coefficient (Wildman–Crippen LogP) is 2.14. The number of hydrogen-bond acceptors (Lipinski definition) is 4. The highest BCUT2D eigenvalue weighted by Gasteiger charge is 2.13. The van der Waals surface area contributed by atoms with Crippen LogP contribution in [-0.2, 0) is 6.54 Å². The molecule has 1 aliphatic rings. The van der Waals surface area contributed by atoms with Crippen LogP contribution in [0.1, 0.15) is 17.8 Å². The van der Waals surface area contributed by atoms with Crippen molar-refractivity contribution in [1.82, 2.24) is 15.6 Å². The number of benzene rings is 1. The zero-order chi connectivity index (χ0) is 11.5. The Hall–Kier alpha value is -0.970. The molecule has 0 bridgehead atoms. The maximum absolute atomic E-state index is 4.61. The van der Waals surface area contributed by atoms with Crippen LogP contribution in [0.5, 0.6) is 0 Å². The van der Waals surface area contributed by atoms with Gasteiger partial charge in [-0.25, -0.2) is 4.98 Å². The van der Waals surface area contributed by atoms with E-state index >= 15 is 0 Å². The summed E-state index contributed by atoms with van der Waals surface area (Å²) >= 11 is 1.79. The fraction of sp³-hybridized carbons (Fsp3) is 0.462. The van der Waals surface area contributed by atoms with E-state index in [1.54, 1.807) is 11.3 Å². The minimum atomic E-state index is 0.657. The van der Waals surface area contributed by atoms with Gasteiger partial charge in [0.05, 0.1) is 10.2 Å². The minimum absolute atomic E-state index is 0.657. The summed E-state index contributed by atoms with van der Waals surface area (Å²) in [6.45, 7) is 3.11. The summed E-state index contributed by atoms with van der Waals surface area (Å²) in [6, 6.07) is 8.98. The molecule has 0 amide bonds. The molecule has 1 aliphatic heterocycles. The van der Waals surface area contributed by atoms with Gasteiger partial charge in [0, 0.05) is 19.1 Å². The van der Waals surface area contributed by atoms with E-state index < -0.39 is 0 Å². The lowest BCUT2D eigenvalue weighted by atomic mass is 10.2. The molecular weight excluding hydrogens is 230 g/mol. The van der Waals surface area contributed by atoms with Crippen molar-refractivity contribution in [2.45, 2.75) is 25.4 Å². The second-order valence-corrected chi connectivity index (χ2v) is 5.61. The van der Waals surface area contributed by atoms with E-state index in [4.69, 9.17) is 0 Å². The Labute approximate surface area is 105 Å². The number of aromatic nitrogens is 1. The minimum Gasteiger partial charge on any atom is -0.313 e. The van der Waals surface area contributed by atoms with Crippen molar-refractivity contribution in [3.8, 4) is 0 Å². The van der Waals surface area contributed by atoms with Crippen LogP contribution in [0.3, 0.4) is 0 Å². The van der Waals surface area contributed by atoms with Crippen LogP contribution in [0.25, 0.3) is 10.2 Å². The van der Waals surface area contributed by atoms with E-state index in [1.165, 1.54) is 29.1 Å². The van der Waals surface area contributed by atoms with Gasteiger partial charge in [-0.05, 0) is 31.5 Å². The number of rotatable bonds is 4. The first-order valence-corrected chi connectivity index (χ1v) is 7.02. The molecule has 0 spiro atoms. The van der Waals surface area contributed by atoms with E-state index in [9.17, 15) is 0 Å². The van der Waals surface area contributed by atoms with Gasteiger partial charge < -0.3 is 10.6 Å². The molecule has 2 heterocycles. The number of thiazole rings is 1. The third-order valence-corrected chi connectivity index (χ3v) is 4.20. The zero-order valence-corrected chi connectivity index (χ0v) is 10.6. The Balaban J connectivity index is 1.57. The van der Waals surface area contributed by atoms with Crippen LogP contribution in [0.15, 0.2) is 24.3 Å². The average Bonchev–Trinajstić information content (AvgIpc) is 2.96. The first kappa shape index (κ1) is 11.1. The summed E-state index contributed by atoms with van der Waals surface area (Å²) in [7, 11) is 0. The van der Waals surface area contributed by atoms with Crippen LogP contribution in [0.4, 0.5) is 0 Å². The fourth-order valence-electron chi connectivity index (χ4n) is 2.28. The smallest absolute Gasteiger partial charge is 0.108 e. The van der Waals surface area contributed by atoms with Gasteiger partial charge in [-0.3, -0.25) is 0 Å². The zero-order valence-electron chi connectivity index (χ0n) is 9.78. The van der Waals surface area contributed by atoms with Gasteiger partial charge in [0.25, 0.3) is 0 Å². The number of para-hydroxylation sites is 1. The quantitative estimate of drug-likeness (QED) is 0.869. The molecule has 1 fully saturated rings. The second kappa shape index (κ2) is 5.12. The van der Waals surface area contributed by atoms with E-state index in [1.807, 2.05) is 6.07 Å². The standard InChI is InChI=1S/C13H17N3S/c1-2-6-12-11(5-1)16-13(17-12)9-14-8-10-4-3-7-15-10/h1-2,5-6,10,14-15H,3-4,7-9H2. The molecule has 2 N–H and O–H groups in total. The molecule has 0 radical (unpaired) electrons. The van der Waals surface area contributed by atoms with Gasteiger partial charge in [-0.1, -0.05) is 12.1 Å². The molecule has 17 heavy (non-hydrogen) atoms. The van der Waals surface area contributed by atoms with E-state index in [-0.39, 0.29) is 0 Å². The molecule has 0 saturated carbocycles. The van der Waals surface area contributed by atoms with Crippen molar-refractivity contribution in [2.75, 3.05) is 13.1 Å². The molecular formula is C13H17N3S. The summed E-state index contributed by atoms with van der Waals surface area (Å²) in [6.07, 6.45) is 2.61. The highest BCUT2D eigenvalue weighted by molar-refractivity contribution is 7.18. The number of hydrogen-bond donors (Lipinski definition) is 2. The first-order valence-electron chi connectivity index (χ1n) is 6.20. The molecule has 90 valence electrons. The highest BCUT2D eigenvalue weighted by Crippen LogP contribution is 2.21. The van der Waals surface area contributed by atoms with E-state index in [0.29, 0.717) is 6.04 Å². The molecule has 1 unspecified atom stereocenters. The maximum Gasteiger partial charge on any atom is 0.108 e. The van der Waals surface area contributed by atoms with E-state index in [0.717, 1.165) is 18.6 Å². The van der Waals surface area contributed by atoms with Gasteiger partial charge in [-0.2, -0.15) is 0 Å². The van der Waals surface area contributed by atoms with Crippen LogP contribution in [-0.4, -0.2) is 24.1 Å². The first-order chi connectivity index (χ1) is 8.42. The monoisotopic (exact) mass is 247 g/mol. The van der Waals surface area contributed by atoms with E-state index in [2.05, 4.69) is 33.8 Å². The highest BCUT2D eigenvalue weighted by atomic mass is 32.1. The lowest BCUT2D eigenvalue weighted by Crippen LogP contribution is -2.33. The molecule has 0 aliphatic carbocycles. The van der Waals surface area contributed by atoms with Gasteiger partial charge in [0.15, 0.2) is 0 Å². The van der Waals surface area contributed by atoms with Gasteiger partial charge in [-0.15, -0.1) is 11.3 Å². The summed E-state index contributed by atoms with van der Waals surface area (Å²) < 4.78 is 1.28. The van der Waals surface area contributed by atoms with Crippen molar-refractivity contribution in [3.05, 3.63) is 29.3 Å². The largest absolute Gasteiger partial charge is 0.313 e. The Morgan fingerprint density at radius 3 is 3.18 bits per heavy atom. The Bertz CT molecular complexity index is 455. The maximum atomic E-state index is 4.61. The van der Waals surface area contributed by atoms with Crippen molar-refractivity contribution in [3.63, 3.8) is 0 Å². The van der Waals surface area contributed by atoms with Crippen LogP contribution < -0.4 is 10.6 Å². The molecule has 1 saturated heterocycles. The molecule has 2 aromatic rings. The van der Waals surface area contributed by atoms with Crippen molar-refractivity contribution < 1.29 is 0 Å². The SMILES string of the molecule is c1ccc2sc(CNCC3CCCN3)nc2c1. The normalized spacial score (nSPS) is 20.1. The summed E-state index contributed by atoms with van der Waals surface area (Å²) in [5.41, 5.74) is 1.12. The lowest BCUT2D eigenvalue weighted by molar-refractivity contribution is 0.535. The van der Waals surface area contributed by atoms with Crippen LogP contribution in [0, 0.1) is 0 Å². The third kappa shape index (κ3) is 2.65. The van der Waals surface area contributed by atoms with Gasteiger partial charge >= 0.3 is 0 Å². The molecule has 1 atom stereocenters.